The van der Waals surface area contributed by atoms with Crippen molar-refractivity contribution in [2.45, 2.75) is 56.7 Å². The van der Waals surface area contributed by atoms with Gasteiger partial charge < -0.3 is 18.9 Å². The predicted octanol–water partition coefficient (Wildman–Crippen LogP) is 0.570. The SMILES string of the molecule is C=C(C)C(=O)OC1C2CC3C1OC(=O)C3C2C(=O)OC1C2CC3C(=O)CC1C3O2. The van der Waals surface area contributed by atoms with Crippen molar-refractivity contribution >= 4 is 23.7 Å². The van der Waals surface area contributed by atoms with Gasteiger partial charge >= 0.3 is 17.9 Å². The molecule has 0 amide bonds. The van der Waals surface area contributed by atoms with Gasteiger partial charge in [-0.05, 0) is 19.8 Å². The zero-order chi connectivity index (χ0) is 20.2. The van der Waals surface area contributed by atoms with Crippen molar-refractivity contribution in [2.75, 3.05) is 0 Å². The second-order valence-electron chi connectivity index (χ2n) is 9.38. The Kier molecular flexibility index (Phi) is 3.45. The van der Waals surface area contributed by atoms with Crippen LogP contribution in [0.25, 0.3) is 0 Å². The van der Waals surface area contributed by atoms with Gasteiger partial charge in [0.15, 0.2) is 0 Å². The van der Waals surface area contributed by atoms with Gasteiger partial charge in [-0.3, -0.25) is 14.4 Å². The van der Waals surface area contributed by atoms with Gasteiger partial charge in [-0.1, -0.05) is 6.58 Å². The zero-order valence-electron chi connectivity index (χ0n) is 15.9. The monoisotopic (exact) mass is 402 g/mol. The highest BCUT2D eigenvalue weighted by molar-refractivity contribution is 5.89. The van der Waals surface area contributed by atoms with E-state index in [4.69, 9.17) is 18.9 Å². The number of rotatable bonds is 4. The lowest BCUT2D eigenvalue weighted by molar-refractivity contribution is -0.168. The average molecular weight is 402 g/mol. The third-order valence-corrected chi connectivity index (χ3v) is 7.94. The minimum atomic E-state index is -0.693. The van der Waals surface area contributed by atoms with Crippen molar-refractivity contribution in [3.05, 3.63) is 12.2 Å². The molecule has 11 atom stereocenters. The Labute approximate surface area is 166 Å². The Hall–Kier alpha value is -2.22. The molecule has 3 saturated carbocycles. The van der Waals surface area contributed by atoms with E-state index in [1.54, 1.807) is 6.92 Å². The van der Waals surface area contributed by atoms with Crippen molar-refractivity contribution in [3.63, 3.8) is 0 Å². The fourth-order valence-electron chi connectivity index (χ4n) is 6.81. The summed E-state index contributed by atoms with van der Waals surface area (Å²) in [7, 11) is 0. The van der Waals surface area contributed by atoms with Crippen molar-refractivity contribution in [2.24, 2.45) is 35.5 Å². The largest absolute Gasteiger partial charge is 0.459 e. The average Bonchev–Trinajstić information content (AvgIpc) is 3.44. The summed E-state index contributed by atoms with van der Waals surface area (Å²) in [5, 5.41) is 0. The summed E-state index contributed by atoms with van der Waals surface area (Å²) in [5.41, 5.74) is 0.257. The molecule has 8 nitrogen and oxygen atoms in total. The lowest BCUT2D eigenvalue weighted by Crippen LogP contribution is -2.45. The van der Waals surface area contributed by atoms with Crippen molar-refractivity contribution in [1.29, 1.82) is 0 Å². The Morgan fingerprint density at radius 2 is 1.83 bits per heavy atom. The maximum Gasteiger partial charge on any atom is 0.333 e. The molecule has 0 spiro atoms. The molecule has 6 rings (SSSR count). The topological polar surface area (TPSA) is 105 Å². The summed E-state index contributed by atoms with van der Waals surface area (Å²) in [5.74, 6) is -3.08. The van der Waals surface area contributed by atoms with Crippen LogP contribution in [0, 0.1) is 35.5 Å². The number of ether oxygens (including phenoxy) is 4. The van der Waals surface area contributed by atoms with Crippen LogP contribution >= 0.6 is 0 Å². The summed E-state index contributed by atoms with van der Waals surface area (Å²) in [6, 6.07) is 0. The summed E-state index contributed by atoms with van der Waals surface area (Å²) in [6.45, 7) is 5.14. The van der Waals surface area contributed by atoms with Gasteiger partial charge in [0.1, 0.15) is 24.1 Å². The molecule has 4 bridgehead atoms. The normalized spacial score (nSPS) is 50.2. The van der Waals surface area contributed by atoms with E-state index >= 15 is 0 Å². The van der Waals surface area contributed by atoms with E-state index in [9.17, 15) is 19.2 Å². The van der Waals surface area contributed by atoms with Crippen LogP contribution in [0.5, 0.6) is 0 Å². The lowest BCUT2D eigenvalue weighted by Gasteiger charge is -2.32. The van der Waals surface area contributed by atoms with Crippen molar-refractivity contribution < 1.29 is 38.1 Å². The first kappa shape index (κ1) is 17.6. The van der Waals surface area contributed by atoms with E-state index in [1.807, 2.05) is 0 Å². The molecule has 3 saturated heterocycles. The molecule has 6 fully saturated rings. The lowest BCUT2D eigenvalue weighted by atomic mass is 9.78. The fraction of sp³-hybridized carbons (Fsp3) is 0.714. The van der Waals surface area contributed by atoms with Crippen LogP contribution in [0.1, 0.15) is 26.2 Å². The minimum Gasteiger partial charge on any atom is -0.459 e. The molecule has 3 aliphatic heterocycles. The van der Waals surface area contributed by atoms with Gasteiger partial charge in [-0.25, -0.2) is 4.79 Å². The summed E-state index contributed by atoms with van der Waals surface area (Å²) in [4.78, 5) is 49.8. The maximum atomic E-state index is 13.2. The summed E-state index contributed by atoms with van der Waals surface area (Å²) in [6.07, 6.45) is -0.416. The highest BCUT2D eigenvalue weighted by Crippen LogP contribution is 2.59. The third-order valence-electron chi connectivity index (χ3n) is 7.94. The Morgan fingerprint density at radius 3 is 2.59 bits per heavy atom. The molecule has 3 aliphatic carbocycles. The van der Waals surface area contributed by atoms with E-state index in [2.05, 4.69) is 6.58 Å². The van der Waals surface area contributed by atoms with Crippen molar-refractivity contribution in [3.8, 4) is 0 Å². The molecular weight excluding hydrogens is 380 g/mol. The van der Waals surface area contributed by atoms with E-state index in [-0.39, 0.29) is 47.2 Å². The molecule has 8 heteroatoms. The number of hydrogen-bond acceptors (Lipinski definition) is 8. The van der Waals surface area contributed by atoms with E-state index < -0.39 is 48.1 Å². The number of fused-ring (bicyclic) bond motifs is 2. The Balaban J connectivity index is 1.23. The van der Waals surface area contributed by atoms with Gasteiger partial charge in [0.25, 0.3) is 0 Å². The van der Waals surface area contributed by atoms with Crippen LogP contribution in [-0.4, -0.2) is 54.2 Å². The second kappa shape index (κ2) is 5.68. The maximum absolute atomic E-state index is 13.2. The first-order valence-corrected chi connectivity index (χ1v) is 10.3. The van der Waals surface area contributed by atoms with Crippen LogP contribution in [0.15, 0.2) is 12.2 Å². The molecule has 3 heterocycles. The molecule has 0 aromatic carbocycles. The Bertz CT molecular complexity index is 863. The Morgan fingerprint density at radius 1 is 1.03 bits per heavy atom. The second-order valence-corrected chi connectivity index (χ2v) is 9.38. The smallest absolute Gasteiger partial charge is 0.333 e. The van der Waals surface area contributed by atoms with Gasteiger partial charge in [-0.2, -0.15) is 0 Å². The minimum absolute atomic E-state index is 0.0565. The number of hydrogen-bond donors (Lipinski definition) is 0. The van der Waals surface area contributed by atoms with Gasteiger partial charge in [-0.15, -0.1) is 0 Å². The van der Waals surface area contributed by atoms with E-state index in [0.717, 1.165) is 0 Å². The van der Waals surface area contributed by atoms with Gasteiger partial charge in [0.2, 0.25) is 0 Å². The quantitative estimate of drug-likeness (QED) is 0.382. The number of esters is 3. The fourth-order valence-corrected chi connectivity index (χ4v) is 6.81. The summed E-state index contributed by atoms with van der Waals surface area (Å²) >= 11 is 0. The zero-order valence-corrected chi connectivity index (χ0v) is 15.9. The van der Waals surface area contributed by atoms with Crippen LogP contribution in [0.3, 0.4) is 0 Å². The number of carbonyl (C=O) groups excluding carboxylic acids is 4. The first-order chi connectivity index (χ1) is 13.8. The molecule has 0 N–H and O–H groups in total. The molecule has 29 heavy (non-hydrogen) atoms. The van der Waals surface area contributed by atoms with Crippen LogP contribution < -0.4 is 0 Å². The van der Waals surface area contributed by atoms with Crippen LogP contribution in [-0.2, 0) is 38.1 Å². The van der Waals surface area contributed by atoms with Crippen molar-refractivity contribution in [1.82, 2.24) is 0 Å². The van der Waals surface area contributed by atoms with Gasteiger partial charge in [0.05, 0.1) is 24.0 Å². The molecule has 6 aliphatic rings. The molecule has 11 unspecified atom stereocenters. The third kappa shape index (κ3) is 2.18. The van der Waals surface area contributed by atoms with Crippen LogP contribution in [0.4, 0.5) is 0 Å². The highest BCUT2D eigenvalue weighted by Gasteiger charge is 2.71. The number of carbonyl (C=O) groups is 4. The highest BCUT2D eigenvalue weighted by atomic mass is 16.6. The molecule has 0 radical (unpaired) electrons. The molecule has 154 valence electrons. The summed E-state index contributed by atoms with van der Waals surface area (Å²) < 4.78 is 22.8. The van der Waals surface area contributed by atoms with Crippen LogP contribution in [0.2, 0.25) is 0 Å². The molecule has 0 aromatic heterocycles. The molecule has 0 aromatic rings. The van der Waals surface area contributed by atoms with E-state index in [1.165, 1.54) is 0 Å². The number of ketones is 1. The predicted molar refractivity (Wildman–Crippen MR) is 92.9 cm³/mol. The molecular formula is C21H22O8. The standard InChI is InChI=1S/C21H22O8/c1-6(2)19(23)28-17-8-3-9-14(21(25)29-18(9)17)13(8)20(24)27-16-10-4-11(22)7-5-12(16)26-15(7)10/h7-10,12-18H,1,3-5H2,2H3. The first-order valence-electron chi connectivity index (χ1n) is 10.3. The van der Waals surface area contributed by atoms with E-state index in [0.29, 0.717) is 19.3 Å². The van der Waals surface area contributed by atoms with Gasteiger partial charge in [0, 0.05) is 35.7 Å². The number of Topliss-reactive ketones (excluding diaryl/α,β-unsaturated/α-hetero) is 1.